The highest BCUT2D eigenvalue weighted by Gasteiger charge is 2.35. The highest BCUT2D eigenvalue weighted by atomic mass is 19.3. The SMILES string of the molecule is C=C.CC(C(F)F)C(C=O)NC(=O)c1ccc(C#CC2CC2C=O)cc1.CN.CNO. The number of nitrogens with one attached hydrogen (secondary N) is 2. The standard InChI is InChI=1S/C18H17F2NO3.C2H4.CH5NO.CH5N/c1-11(17(19)20)16(10-23)21-18(24)13-5-2-12(3-6-13)4-7-14-8-15(14)9-22;1-2;1-2-3;1-2/h2-3,5-6,9-11,14-17H,8H2,1H3,(H,21,24);1-2H2;2-3H,1H3;2H2,1H3. The van der Waals surface area contributed by atoms with Crippen molar-refractivity contribution in [1.82, 2.24) is 10.8 Å². The van der Waals surface area contributed by atoms with Crippen LogP contribution in [0.3, 0.4) is 0 Å². The summed E-state index contributed by atoms with van der Waals surface area (Å²) in [5.74, 6) is 4.18. The molecule has 1 aliphatic rings. The normalized spacial score (nSPS) is 17.3. The molecule has 0 heterocycles. The smallest absolute Gasteiger partial charge is 0.251 e. The molecule has 1 aliphatic carbocycles. The number of carbonyl (C=O) groups is 3. The molecule has 1 saturated carbocycles. The van der Waals surface area contributed by atoms with Gasteiger partial charge in [0, 0.05) is 35.9 Å². The largest absolute Gasteiger partial charge is 0.342 e. The van der Waals surface area contributed by atoms with Gasteiger partial charge in [0.1, 0.15) is 12.6 Å². The molecule has 1 aromatic rings. The van der Waals surface area contributed by atoms with Crippen molar-refractivity contribution < 1.29 is 28.4 Å². The molecule has 0 aromatic heterocycles. The first-order valence-corrected chi connectivity index (χ1v) is 9.37. The van der Waals surface area contributed by atoms with E-state index in [4.69, 9.17) is 5.21 Å². The Labute approximate surface area is 182 Å². The number of hydrogen-bond donors (Lipinski definition) is 4. The summed E-state index contributed by atoms with van der Waals surface area (Å²) in [7, 11) is 2.93. The van der Waals surface area contributed by atoms with Crippen molar-refractivity contribution in [2.45, 2.75) is 25.8 Å². The molecule has 0 saturated heterocycles. The van der Waals surface area contributed by atoms with Crippen LogP contribution < -0.4 is 16.5 Å². The van der Waals surface area contributed by atoms with E-state index in [9.17, 15) is 23.2 Å². The summed E-state index contributed by atoms with van der Waals surface area (Å²) in [6, 6.07) is 5.04. The van der Waals surface area contributed by atoms with Gasteiger partial charge in [-0.2, -0.15) is 0 Å². The minimum Gasteiger partial charge on any atom is -0.342 e. The number of nitrogens with two attached hydrogens (primary N) is 1. The maximum Gasteiger partial charge on any atom is 0.251 e. The van der Waals surface area contributed by atoms with E-state index in [1.165, 1.54) is 33.2 Å². The van der Waals surface area contributed by atoms with E-state index >= 15 is 0 Å². The zero-order valence-corrected chi connectivity index (χ0v) is 18.0. The van der Waals surface area contributed by atoms with E-state index in [-0.39, 0.29) is 17.4 Å². The summed E-state index contributed by atoms with van der Waals surface area (Å²) in [5, 5.41) is 9.61. The Hall–Kier alpha value is -2.93. The van der Waals surface area contributed by atoms with Crippen molar-refractivity contribution in [3.63, 3.8) is 0 Å². The van der Waals surface area contributed by atoms with Crippen LogP contribution in [0.2, 0.25) is 0 Å². The van der Waals surface area contributed by atoms with Crippen molar-refractivity contribution in [2.75, 3.05) is 14.1 Å². The lowest BCUT2D eigenvalue weighted by atomic mass is 10.0. The average molecular weight is 440 g/mol. The second kappa shape index (κ2) is 17.9. The molecule has 1 amide bonds. The third kappa shape index (κ3) is 11.7. The van der Waals surface area contributed by atoms with Gasteiger partial charge in [-0.25, -0.2) is 14.3 Å². The van der Waals surface area contributed by atoms with Crippen molar-refractivity contribution in [2.24, 2.45) is 23.5 Å². The second-order valence-electron chi connectivity index (χ2n) is 6.04. The number of amides is 1. The zero-order chi connectivity index (χ0) is 24.4. The van der Waals surface area contributed by atoms with E-state index in [1.54, 1.807) is 17.6 Å². The van der Waals surface area contributed by atoms with E-state index in [0.717, 1.165) is 12.7 Å². The van der Waals surface area contributed by atoms with Crippen LogP contribution in [0.4, 0.5) is 8.78 Å². The fourth-order valence-corrected chi connectivity index (χ4v) is 2.09. The molecule has 7 nitrogen and oxygen atoms in total. The van der Waals surface area contributed by atoms with Crippen molar-refractivity contribution >= 4 is 18.5 Å². The van der Waals surface area contributed by atoms with Crippen LogP contribution in [-0.4, -0.2) is 50.2 Å². The van der Waals surface area contributed by atoms with Crippen molar-refractivity contribution in [3.05, 3.63) is 48.6 Å². The quantitative estimate of drug-likeness (QED) is 0.233. The topological polar surface area (TPSA) is 122 Å². The predicted molar refractivity (Wildman–Crippen MR) is 116 cm³/mol. The number of benzene rings is 1. The van der Waals surface area contributed by atoms with Gasteiger partial charge in [-0.1, -0.05) is 18.8 Å². The van der Waals surface area contributed by atoms with Gasteiger partial charge in [0.15, 0.2) is 0 Å². The first kappa shape index (κ1) is 30.3. The second-order valence-corrected chi connectivity index (χ2v) is 6.04. The van der Waals surface area contributed by atoms with Gasteiger partial charge in [0.05, 0.1) is 6.04 Å². The summed E-state index contributed by atoms with van der Waals surface area (Å²) in [6.45, 7) is 7.20. The van der Waals surface area contributed by atoms with Gasteiger partial charge < -0.3 is 25.8 Å². The average Bonchev–Trinajstić information content (AvgIpc) is 3.57. The van der Waals surface area contributed by atoms with Gasteiger partial charge in [-0.15, -0.1) is 13.2 Å². The van der Waals surface area contributed by atoms with E-state index in [0.29, 0.717) is 11.8 Å². The molecule has 5 N–H and O–H groups in total. The van der Waals surface area contributed by atoms with Gasteiger partial charge in [0.2, 0.25) is 6.43 Å². The van der Waals surface area contributed by atoms with Crippen LogP contribution in [0.15, 0.2) is 37.4 Å². The number of aldehydes is 2. The summed E-state index contributed by atoms with van der Waals surface area (Å²) < 4.78 is 25.3. The molecule has 1 aromatic carbocycles. The Balaban J connectivity index is 0. The van der Waals surface area contributed by atoms with E-state index in [1.807, 2.05) is 0 Å². The Bertz CT molecular complexity index is 718. The molecule has 4 atom stereocenters. The highest BCUT2D eigenvalue weighted by molar-refractivity contribution is 5.95. The predicted octanol–water partition coefficient (Wildman–Crippen LogP) is 2.04. The molecule has 31 heavy (non-hydrogen) atoms. The maximum absolute atomic E-state index is 12.6. The van der Waals surface area contributed by atoms with Gasteiger partial charge in [-0.3, -0.25) is 4.79 Å². The Kier molecular flexibility index (Phi) is 17.5. The maximum atomic E-state index is 12.6. The molecular weight excluding hydrogens is 408 g/mol. The van der Waals surface area contributed by atoms with Crippen LogP contribution in [0.5, 0.6) is 0 Å². The lowest BCUT2D eigenvalue weighted by molar-refractivity contribution is -0.112. The fraction of sp³-hybridized carbons (Fsp3) is 0.409. The lowest BCUT2D eigenvalue weighted by Gasteiger charge is -2.19. The van der Waals surface area contributed by atoms with Gasteiger partial charge >= 0.3 is 0 Å². The molecule has 0 spiro atoms. The number of hydroxylamine groups is 1. The molecule has 0 radical (unpaired) electrons. The lowest BCUT2D eigenvalue weighted by Crippen LogP contribution is -2.42. The third-order valence-corrected chi connectivity index (χ3v) is 3.97. The molecular formula is C22H31F2N3O4. The molecule has 9 heteroatoms. The molecule has 1 fully saturated rings. The first-order chi connectivity index (χ1) is 14.9. The minimum atomic E-state index is -2.70. The van der Waals surface area contributed by atoms with Crippen molar-refractivity contribution in [1.29, 1.82) is 0 Å². The molecule has 4 unspecified atom stereocenters. The van der Waals surface area contributed by atoms with Crippen LogP contribution in [-0.2, 0) is 9.59 Å². The first-order valence-electron chi connectivity index (χ1n) is 9.37. The van der Waals surface area contributed by atoms with Crippen molar-refractivity contribution in [3.8, 4) is 11.8 Å². The van der Waals surface area contributed by atoms with Crippen LogP contribution in [0, 0.1) is 29.6 Å². The van der Waals surface area contributed by atoms with Gasteiger partial charge in [0.25, 0.3) is 5.91 Å². The summed E-state index contributed by atoms with van der Waals surface area (Å²) in [4.78, 5) is 33.4. The van der Waals surface area contributed by atoms with Crippen LogP contribution in [0.1, 0.15) is 29.3 Å². The van der Waals surface area contributed by atoms with Crippen LogP contribution >= 0.6 is 0 Å². The molecule has 2 rings (SSSR count). The van der Waals surface area contributed by atoms with Gasteiger partial charge in [-0.05, 0) is 37.7 Å². The van der Waals surface area contributed by atoms with E-state index in [2.05, 4.69) is 36.0 Å². The number of carbonyl (C=O) groups excluding carboxylic acids is 3. The Morgan fingerprint density at radius 1 is 1.26 bits per heavy atom. The Morgan fingerprint density at radius 2 is 1.77 bits per heavy atom. The third-order valence-electron chi connectivity index (χ3n) is 3.97. The molecule has 172 valence electrons. The minimum absolute atomic E-state index is 0.0275. The monoisotopic (exact) mass is 439 g/mol. The number of rotatable bonds is 6. The number of halogens is 2. The summed E-state index contributed by atoms with van der Waals surface area (Å²) in [5.41, 5.74) is 7.20. The Morgan fingerprint density at radius 3 is 2.16 bits per heavy atom. The fourth-order valence-electron chi connectivity index (χ4n) is 2.09. The van der Waals surface area contributed by atoms with Crippen LogP contribution in [0.25, 0.3) is 0 Å². The highest BCUT2D eigenvalue weighted by Crippen LogP contribution is 2.35. The number of hydrogen-bond acceptors (Lipinski definition) is 6. The zero-order valence-electron chi connectivity index (χ0n) is 18.0. The van der Waals surface area contributed by atoms with E-state index < -0.39 is 24.3 Å². The molecule has 0 bridgehead atoms. The summed E-state index contributed by atoms with van der Waals surface area (Å²) >= 11 is 0. The molecule has 0 aliphatic heterocycles. The summed E-state index contributed by atoms with van der Waals surface area (Å²) in [6.07, 6.45) is -0.702. The number of alkyl halides is 2.